The Morgan fingerprint density at radius 3 is 2.40 bits per heavy atom. The van der Waals surface area contributed by atoms with Crippen LogP contribution in [0.2, 0.25) is 10.0 Å². The number of hydrogen-bond donors (Lipinski definition) is 2. The van der Waals surface area contributed by atoms with Crippen LogP contribution >= 0.6 is 23.2 Å². The maximum absolute atomic E-state index is 8.78. The van der Waals surface area contributed by atoms with Crippen molar-refractivity contribution in [1.82, 2.24) is 0 Å². The average Bonchev–Trinajstić information content (AvgIpc) is 2.09. The lowest BCUT2D eigenvalue weighted by atomic mass is 10.1. The first-order valence-electron chi connectivity index (χ1n) is 4.39. The fourth-order valence-corrected chi connectivity index (χ4v) is 1.50. The zero-order valence-corrected chi connectivity index (χ0v) is 9.85. The van der Waals surface area contributed by atoms with Crippen LogP contribution in [0.3, 0.4) is 0 Å². The van der Waals surface area contributed by atoms with Gasteiger partial charge in [-0.15, -0.1) is 0 Å². The first-order chi connectivity index (χ1) is 6.97. The van der Waals surface area contributed by atoms with E-state index in [0.717, 1.165) is 17.9 Å². The van der Waals surface area contributed by atoms with E-state index in [9.17, 15) is 0 Å². The fourth-order valence-electron chi connectivity index (χ4n) is 0.994. The van der Waals surface area contributed by atoms with E-state index in [4.69, 9.17) is 33.1 Å². The number of carboxylic acid groups (broad SMARTS) is 1. The summed E-state index contributed by atoms with van der Waals surface area (Å²) in [6, 6.07) is 5.64. The lowest BCUT2D eigenvalue weighted by Crippen LogP contribution is -2.03. The third-order valence-corrected chi connectivity index (χ3v) is 2.12. The molecule has 0 aliphatic carbocycles. The second-order valence-electron chi connectivity index (χ2n) is 2.82. The lowest BCUT2D eigenvalue weighted by Gasteiger charge is -2.01. The van der Waals surface area contributed by atoms with E-state index in [1.165, 1.54) is 5.56 Å². The number of aryl methyl sites for hydroxylation is 1. The summed E-state index contributed by atoms with van der Waals surface area (Å²) in [5, 5.41) is 8.68. The molecule has 0 heterocycles. The maximum atomic E-state index is 8.78. The molecule has 1 aromatic carbocycles. The van der Waals surface area contributed by atoms with Gasteiger partial charge in [-0.05, 0) is 24.1 Å². The van der Waals surface area contributed by atoms with E-state index in [1.54, 1.807) is 6.07 Å². The molecule has 0 fully saturated rings. The second kappa shape index (κ2) is 7.37. The van der Waals surface area contributed by atoms with Crippen LogP contribution in [0.4, 0.5) is 4.79 Å². The number of carbonyl (C=O) groups is 1. The quantitative estimate of drug-likeness (QED) is 0.842. The zero-order chi connectivity index (χ0) is 11.8. The van der Waals surface area contributed by atoms with Crippen LogP contribution in [0.5, 0.6) is 0 Å². The summed E-state index contributed by atoms with van der Waals surface area (Å²) in [5.74, 6) is 0. The van der Waals surface area contributed by atoms with E-state index >= 15 is 0 Å². The molecule has 0 aliphatic heterocycles. The second-order valence-corrected chi connectivity index (χ2v) is 3.67. The summed E-state index contributed by atoms with van der Waals surface area (Å²) in [7, 11) is 0. The average molecular weight is 250 g/mol. The predicted molar refractivity (Wildman–Crippen MR) is 62.7 cm³/mol. The number of hydrogen-bond acceptors (Lipinski definition) is 1. The third kappa shape index (κ3) is 7.05. The van der Waals surface area contributed by atoms with Gasteiger partial charge in [-0.1, -0.05) is 42.6 Å². The molecule has 0 aliphatic rings. The van der Waals surface area contributed by atoms with Gasteiger partial charge in [0.1, 0.15) is 0 Å². The number of amides is 1. The number of nitrogens with two attached hydrogens (primary N) is 1. The molecule has 1 aromatic rings. The van der Waals surface area contributed by atoms with Crippen molar-refractivity contribution in [1.29, 1.82) is 0 Å². The largest absolute Gasteiger partial charge is 0.465 e. The van der Waals surface area contributed by atoms with Crippen molar-refractivity contribution in [3.63, 3.8) is 0 Å². The van der Waals surface area contributed by atoms with E-state index in [-0.39, 0.29) is 0 Å². The molecule has 84 valence electrons. The maximum Gasteiger partial charge on any atom is 0.402 e. The molecule has 0 radical (unpaired) electrons. The Bertz CT molecular complexity index is 325. The van der Waals surface area contributed by atoms with Crippen molar-refractivity contribution in [3.05, 3.63) is 33.8 Å². The molecule has 5 heteroatoms. The van der Waals surface area contributed by atoms with E-state index in [2.05, 4.69) is 12.7 Å². The normalized spacial score (nSPS) is 9.00. The molecule has 1 rings (SSSR count). The molecule has 0 saturated heterocycles. The first kappa shape index (κ1) is 14.1. The van der Waals surface area contributed by atoms with Gasteiger partial charge in [-0.3, -0.25) is 0 Å². The highest BCUT2D eigenvalue weighted by atomic mass is 35.5. The first-order valence-corrected chi connectivity index (χ1v) is 5.15. The molecule has 0 spiro atoms. The Morgan fingerprint density at radius 2 is 2.00 bits per heavy atom. The minimum absolute atomic E-state index is 0.704. The molecule has 3 N–H and O–H groups in total. The van der Waals surface area contributed by atoms with Crippen LogP contribution in [0, 0.1) is 0 Å². The minimum atomic E-state index is -1.33. The fraction of sp³-hybridized carbons (Fsp3) is 0.300. The highest BCUT2D eigenvalue weighted by molar-refractivity contribution is 6.35. The number of halogens is 2. The summed E-state index contributed by atoms with van der Waals surface area (Å²) in [4.78, 5) is 8.78. The van der Waals surface area contributed by atoms with Gasteiger partial charge >= 0.3 is 6.09 Å². The SMILES string of the molecule is CCCc1ccc(Cl)cc1Cl.NC(=O)O. The number of rotatable bonds is 2. The Morgan fingerprint density at radius 1 is 1.47 bits per heavy atom. The van der Waals surface area contributed by atoms with Crippen LogP contribution in [-0.2, 0) is 6.42 Å². The smallest absolute Gasteiger partial charge is 0.402 e. The van der Waals surface area contributed by atoms with E-state index in [0.29, 0.717) is 5.02 Å². The highest BCUT2D eigenvalue weighted by Gasteiger charge is 1.98. The molecule has 0 bridgehead atoms. The van der Waals surface area contributed by atoms with Crippen LogP contribution in [0.15, 0.2) is 18.2 Å². The molecule has 15 heavy (non-hydrogen) atoms. The molecule has 3 nitrogen and oxygen atoms in total. The molecule has 1 amide bonds. The van der Waals surface area contributed by atoms with Crippen molar-refractivity contribution in [2.24, 2.45) is 5.73 Å². The minimum Gasteiger partial charge on any atom is -0.465 e. The zero-order valence-electron chi connectivity index (χ0n) is 8.34. The summed E-state index contributed by atoms with van der Waals surface area (Å²) in [6.07, 6.45) is 0.803. The van der Waals surface area contributed by atoms with Crippen LogP contribution in [-0.4, -0.2) is 11.2 Å². The van der Waals surface area contributed by atoms with Crippen LogP contribution in [0.1, 0.15) is 18.9 Å². The van der Waals surface area contributed by atoms with Gasteiger partial charge in [0.2, 0.25) is 0 Å². The Kier molecular flexibility index (Phi) is 6.92. The molecule has 0 saturated carbocycles. The molecular formula is C10H13Cl2NO2. The van der Waals surface area contributed by atoms with Crippen molar-refractivity contribution in [2.45, 2.75) is 19.8 Å². The van der Waals surface area contributed by atoms with Gasteiger partial charge in [-0.2, -0.15) is 0 Å². The summed E-state index contributed by atoms with van der Waals surface area (Å²) in [6.45, 7) is 2.13. The van der Waals surface area contributed by atoms with E-state index < -0.39 is 6.09 Å². The van der Waals surface area contributed by atoms with Gasteiger partial charge in [0.05, 0.1) is 0 Å². The molecule has 0 unspecified atom stereocenters. The van der Waals surface area contributed by atoms with Crippen molar-refractivity contribution >= 4 is 29.3 Å². The lowest BCUT2D eigenvalue weighted by molar-refractivity contribution is 0.205. The predicted octanol–water partition coefficient (Wildman–Crippen LogP) is 3.57. The van der Waals surface area contributed by atoms with Gasteiger partial charge < -0.3 is 10.8 Å². The number of primary amides is 1. The van der Waals surface area contributed by atoms with Crippen molar-refractivity contribution < 1.29 is 9.90 Å². The molecule has 0 atom stereocenters. The van der Waals surface area contributed by atoms with Crippen LogP contribution in [0.25, 0.3) is 0 Å². The Labute approximate surface area is 98.8 Å². The third-order valence-electron chi connectivity index (χ3n) is 1.53. The summed E-state index contributed by atoms with van der Waals surface area (Å²) in [5.41, 5.74) is 5.21. The highest BCUT2D eigenvalue weighted by Crippen LogP contribution is 2.21. The topological polar surface area (TPSA) is 63.3 Å². The van der Waals surface area contributed by atoms with Gasteiger partial charge in [0, 0.05) is 10.0 Å². The summed E-state index contributed by atoms with van der Waals surface area (Å²) < 4.78 is 0. The Hall–Kier alpha value is -0.930. The molecular weight excluding hydrogens is 237 g/mol. The van der Waals surface area contributed by atoms with Gasteiger partial charge in [-0.25, -0.2) is 4.79 Å². The molecule has 0 aromatic heterocycles. The Balaban J connectivity index is 0.000000423. The van der Waals surface area contributed by atoms with Crippen molar-refractivity contribution in [3.8, 4) is 0 Å². The number of benzene rings is 1. The van der Waals surface area contributed by atoms with Crippen molar-refractivity contribution in [2.75, 3.05) is 0 Å². The van der Waals surface area contributed by atoms with Gasteiger partial charge in [0.25, 0.3) is 0 Å². The monoisotopic (exact) mass is 249 g/mol. The van der Waals surface area contributed by atoms with E-state index in [1.807, 2.05) is 12.1 Å². The van der Waals surface area contributed by atoms with Crippen LogP contribution < -0.4 is 5.73 Å². The van der Waals surface area contributed by atoms with Gasteiger partial charge in [0.15, 0.2) is 0 Å². The summed E-state index contributed by atoms with van der Waals surface area (Å²) >= 11 is 11.7. The standard InChI is InChI=1S/C9H10Cl2.CH3NO2/c1-2-3-7-4-5-8(10)6-9(7)11;2-1(3)4/h4-6H,2-3H2,1H3;2H2,(H,3,4).